The first-order valence-corrected chi connectivity index (χ1v) is 13.5. The van der Waals surface area contributed by atoms with Crippen LogP contribution in [0.3, 0.4) is 0 Å². The monoisotopic (exact) mass is 610 g/mol. The lowest BCUT2D eigenvalue weighted by Gasteiger charge is -2.09. The molecule has 0 unspecified atom stereocenters. The summed E-state index contributed by atoms with van der Waals surface area (Å²) in [4.78, 5) is 19.4. The third-order valence-corrected chi connectivity index (χ3v) is 7.09. The van der Waals surface area contributed by atoms with E-state index in [0.717, 1.165) is 49.1 Å². The number of rotatable bonds is 12. The molecule has 3 aromatic heterocycles. The van der Waals surface area contributed by atoms with Crippen LogP contribution in [0.4, 0.5) is 13.2 Å². The summed E-state index contributed by atoms with van der Waals surface area (Å²) >= 11 is 12.7. The van der Waals surface area contributed by atoms with Crippen LogP contribution < -0.4 is 0 Å². The van der Waals surface area contributed by atoms with Gasteiger partial charge in [0, 0.05) is 48.0 Å². The smallest absolute Gasteiger partial charge is 0.416 e. The molecule has 1 saturated carbocycles. The van der Waals surface area contributed by atoms with Gasteiger partial charge in [-0.15, -0.1) is 0 Å². The zero-order chi connectivity index (χ0) is 29.1. The molecule has 0 bridgehead atoms. The van der Waals surface area contributed by atoms with Crippen LogP contribution in [-0.2, 0) is 23.9 Å². The van der Waals surface area contributed by atoms with Crippen LogP contribution in [0.1, 0.15) is 71.2 Å². The van der Waals surface area contributed by atoms with Gasteiger partial charge in [0.25, 0.3) is 0 Å². The molecule has 5 rings (SSSR count). The van der Waals surface area contributed by atoms with Gasteiger partial charge < -0.3 is 18.9 Å². The molecule has 216 valence electrons. The summed E-state index contributed by atoms with van der Waals surface area (Å²) in [5.41, 5.74) is 0.216. The second kappa shape index (κ2) is 12.2. The van der Waals surface area contributed by atoms with Gasteiger partial charge in [-0.3, -0.25) is 4.98 Å². The van der Waals surface area contributed by atoms with Gasteiger partial charge in [0.2, 0.25) is 11.7 Å². The summed E-state index contributed by atoms with van der Waals surface area (Å²) < 4.78 is 56.3. The average molecular weight is 611 g/mol. The predicted octanol–water partition coefficient (Wildman–Crippen LogP) is 7.62. The lowest BCUT2D eigenvalue weighted by molar-refractivity contribution is -0.137. The Hall–Kier alpha value is -3.48. The summed E-state index contributed by atoms with van der Waals surface area (Å²) in [6.45, 7) is 0.742. The van der Waals surface area contributed by atoms with Gasteiger partial charge in [-0.25, -0.2) is 4.79 Å². The fourth-order valence-corrected chi connectivity index (χ4v) is 4.85. The van der Waals surface area contributed by atoms with Crippen LogP contribution in [0.2, 0.25) is 10.0 Å². The van der Waals surface area contributed by atoms with Crippen molar-refractivity contribution in [1.29, 1.82) is 0 Å². The second-order valence-electron chi connectivity index (χ2n) is 9.60. The van der Waals surface area contributed by atoms with Crippen molar-refractivity contribution >= 4 is 29.2 Å². The number of nitrogens with zero attached hydrogens (tertiary/aromatic N) is 4. The lowest BCUT2D eigenvalue weighted by Crippen LogP contribution is -2.08. The highest BCUT2D eigenvalue weighted by Gasteiger charge is 2.34. The highest BCUT2D eigenvalue weighted by atomic mass is 35.5. The number of hydrogen-bond donors (Lipinski definition) is 1. The summed E-state index contributed by atoms with van der Waals surface area (Å²) in [6, 6.07) is 2.44. The number of carboxylic acid groups (broad SMARTS) is 1. The Morgan fingerprint density at radius 1 is 1.05 bits per heavy atom. The fourth-order valence-electron chi connectivity index (χ4n) is 4.31. The first-order valence-electron chi connectivity index (χ1n) is 12.8. The van der Waals surface area contributed by atoms with Crippen LogP contribution >= 0.6 is 23.2 Å². The number of benzene rings is 1. The summed E-state index contributed by atoms with van der Waals surface area (Å²) in [5.74, 6) is -0.267. The molecule has 1 fully saturated rings. The predicted molar refractivity (Wildman–Crippen MR) is 141 cm³/mol. The van der Waals surface area contributed by atoms with Crippen molar-refractivity contribution in [2.45, 2.75) is 57.2 Å². The van der Waals surface area contributed by atoms with E-state index in [1.165, 1.54) is 12.4 Å². The SMILES string of the molecule is O=C(O)c1cc(-c2noc(CCCCCOCc3c(-c4c(Cl)cncc4Cl)noc3C3CC3)n2)cc(C(F)(F)F)c1. The molecule has 14 heteroatoms. The first kappa shape index (κ1) is 29.0. The third kappa shape index (κ3) is 6.88. The molecule has 9 nitrogen and oxygen atoms in total. The minimum atomic E-state index is -4.72. The molecule has 0 aliphatic heterocycles. The molecular formula is C27H23Cl2F3N4O5. The minimum absolute atomic E-state index is 0.0892. The van der Waals surface area contributed by atoms with Crippen LogP contribution in [0.5, 0.6) is 0 Å². The topological polar surface area (TPSA) is 124 Å². The van der Waals surface area contributed by atoms with Crippen molar-refractivity contribution in [3.8, 4) is 22.6 Å². The summed E-state index contributed by atoms with van der Waals surface area (Å²) in [7, 11) is 0. The number of carbonyl (C=O) groups is 1. The molecule has 0 atom stereocenters. The van der Waals surface area contributed by atoms with E-state index < -0.39 is 23.3 Å². The largest absolute Gasteiger partial charge is 0.478 e. The maximum Gasteiger partial charge on any atom is 0.416 e. The highest BCUT2D eigenvalue weighted by Crippen LogP contribution is 2.46. The maximum absolute atomic E-state index is 13.2. The van der Waals surface area contributed by atoms with E-state index in [9.17, 15) is 23.1 Å². The number of halogens is 5. The molecule has 0 spiro atoms. The van der Waals surface area contributed by atoms with Gasteiger partial charge in [-0.05, 0) is 43.9 Å². The van der Waals surface area contributed by atoms with Crippen molar-refractivity contribution in [2.24, 2.45) is 0 Å². The molecule has 1 aliphatic rings. The van der Waals surface area contributed by atoms with Gasteiger partial charge >= 0.3 is 12.1 Å². The van der Waals surface area contributed by atoms with Crippen molar-refractivity contribution in [2.75, 3.05) is 6.61 Å². The van der Waals surface area contributed by atoms with Crippen molar-refractivity contribution in [1.82, 2.24) is 20.3 Å². The van der Waals surface area contributed by atoms with E-state index in [1.807, 2.05) is 0 Å². The third-order valence-electron chi connectivity index (χ3n) is 6.52. The molecular weight excluding hydrogens is 588 g/mol. The zero-order valence-electron chi connectivity index (χ0n) is 21.4. The fraction of sp³-hybridized carbons (Fsp3) is 0.370. The molecule has 3 heterocycles. The van der Waals surface area contributed by atoms with E-state index in [0.29, 0.717) is 52.7 Å². The first-order chi connectivity index (χ1) is 19.6. The van der Waals surface area contributed by atoms with Crippen molar-refractivity contribution in [3.63, 3.8) is 0 Å². The summed E-state index contributed by atoms with van der Waals surface area (Å²) in [5, 5.41) is 17.9. The molecule has 4 aromatic rings. The van der Waals surface area contributed by atoms with E-state index in [4.69, 9.17) is 37.0 Å². The Kier molecular flexibility index (Phi) is 8.62. The Morgan fingerprint density at radius 3 is 2.49 bits per heavy atom. The van der Waals surface area contributed by atoms with E-state index in [2.05, 4.69) is 20.3 Å². The normalized spacial score (nSPS) is 13.6. The standard InChI is InChI=1S/C27H23Cl2F3N4O5/c28-19-11-33-12-20(29)22(19)23-18(24(41-35-23)14-5-6-14)13-39-7-3-1-2-4-21-34-25(36-40-21)15-8-16(26(37)38)10-17(9-15)27(30,31)32/h8-12,14H,1-7,13H2,(H,37,38). The maximum atomic E-state index is 13.2. The summed E-state index contributed by atoms with van der Waals surface area (Å²) in [6.07, 6.45) is 2.88. The number of aryl methyl sites for hydroxylation is 1. The number of aromatic carboxylic acids is 1. The molecule has 0 amide bonds. The quantitative estimate of drug-likeness (QED) is 0.161. The minimum Gasteiger partial charge on any atom is -0.478 e. The molecule has 1 aromatic carbocycles. The van der Waals surface area contributed by atoms with Crippen molar-refractivity contribution in [3.05, 3.63) is 69.0 Å². The molecule has 1 aliphatic carbocycles. The Balaban J connectivity index is 1.13. The number of carboxylic acids is 1. The average Bonchev–Trinajstić information content (AvgIpc) is 3.51. The zero-order valence-corrected chi connectivity index (χ0v) is 22.9. The number of hydrogen-bond acceptors (Lipinski definition) is 8. The number of unbranched alkanes of at least 4 members (excludes halogenated alkanes) is 2. The van der Waals surface area contributed by atoms with Crippen LogP contribution in [0, 0.1) is 0 Å². The van der Waals surface area contributed by atoms with Crippen molar-refractivity contribution < 1.29 is 36.9 Å². The molecule has 1 N–H and O–H groups in total. The van der Waals surface area contributed by atoms with Gasteiger partial charge in [0.1, 0.15) is 11.5 Å². The Morgan fingerprint density at radius 2 is 1.80 bits per heavy atom. The van der Waals surface area contributed by atoms with E-state index in [-0.39, 0.29) is 23.9 Å². The number of pyridine rings is 1. The highest BCUT2D eigenvalue weighted by molar-refractivity contribution is 6.38. The van der Waals surface area contributed by atoms with Crippen LogP contribution in [-0.4, -0.2) is 38.0 Å². The number of alkyl halides is 3. The van der Waals surface area contributed by atoms with E-state index >= 15 is 0 Å². The van der Waals surface area contributed by atoms with Gasteiger partial charge in [0.05, 0.1) is 27.8 Å². The Bertz CT molecular complexity index is 1530. The Labute approximate surface area is 241 Å². The molecule has 41 heavy (non-hydrogen) atoms. The second-order valence-corrected chi connectivity index (χ2v) is 10.4. The molecule has 0 saturated heterocycles. The number of ether oxygens (including phenoxy) is 1. The van der Waals surface area contributed by atoms with Gasteiger partial charge in [-0.1, -0.05) is 39.9 Å². The van der Waals surface area contributed by atoms with Crippen LogP contribution in [0.15, 0.2) is 39.6 Å². The molecule has 0 radical (unpaired) electrons. The van der Waals surface area contributed by atoms with E-state index in [1.54, 1.807) is 0 Å². The lowest BCUT2D eigenvalue weighted by atomic mass is 10.0. The van der Waals surface area contributed by atoms with Gasteiger partial charge in [-0.2, -0.15) is 18.2 Å². The van der Waals surface area contributed by atoms with Crippen LogP contribution in [0.25, 0.3) is 22.6 Å². The van der Waals surface area contributed by atoms with Gasteiger partial charge in [0.15, 0.2) is 0 Å². The number of aromatic nitrogens is 4.